The summed E-state index contributed by atoms with van der Waals surface area (Å²) >= 11 is 0. The molecule has 0 unspecified atom stereocenters. The minimum atomic E-state index is -0.852. The Labute approximate surface area is 99.2 Å². The predicted molar refractivity (Wildman–Crippen MR) is 61.0 cm³/mol. The van der Waals surface area contributed by atoms with Crippen molar-refractivity contribution in [1.82, 2.24) is 0 Å². The highest BCUT2D eigenvalue weighted by atomic mass is 16.6. The van der Waals surface area contributed by atoms with Gasteiger partial charge in [0.1, 0.15) is 13.2 Å². The molecule has 0 spiro atoms. The lowest BCUT2D eigenvalue weighted by atomic mass is 9.95. The average Bonchev–Trinajstić information content (AvgIpc) is 2.29. The molecule has 6 heteroatoms. The Bertz CT molecular complexity index is 331. The monoisotopic (exact) mass is 240 g/mol. The maximum absolute atomic E-state index is 10.6. The maximum atomic E-state index is 10.6. The molecule has 94 valence electrons. The number of hydrogen-bond acceptors (Lipinski definition) is 4. The molecule has 0 aromatic rings. The van der Waals surface area contributed by atoms with E-state index >= 15 is 0 Å². The number of ether oxygens (including phenoxy) is 2. The van der Waals surface area contributed by atoms with Crippen LogP contribution in [0.4, 0.5) is 9.59 Å². The fourth-order valence-electron chi connectivity index (χ4n) is 1.54. The quantitative estimate of drug-likeness (QED) is 0.749. The van der Waals surface area contributed by atoms with Gasteiger partial charge < -0.3 is 20.9 Å². The van der Waals surface area contributed by atoms with E-state index < -0.39 is 12.2 Å². The van der Waals surface area contributed by atoms with Gasteiger partial charge in [-0.05, 0) is 18.4 Å². The van der Waals surface area contributed by atoms with Crippen molar-refractivity contribution in [2.45, 2.75) is 12.8 Å². The number of hydrogen-bond donors (Lipinski definition) is 2. The molecule has 0 fully saturated rings. The van der Waals surface area contributed by atoms with E-state index in [4.69, 9.17) is 20.9 Å². The summed E-state index contributed by atoms with van der Waals surface area (Å²) < 4.78 is 9.44. The van der Waals surface area contributed by atoms with Gasteiger partial charge in [-0.3, -0.25) is 0 Å². The standard InChI is InChI=1S/C11H16N2O4/c12-10(14)16-6-9(7-17-11(13)15)8-4-2-1-3-5-8/h2,4-5,9H,1,3,6-7H2,(H2,12,14)(H2,13,15). The van der Waals surface area contributed by atoms with Crippen LogP contribution in [0.1, 0.15) is 12.8 Å². The number of amides is 2. The van der Waals surface area contributed by atoms with Gasteiger partial charge in [0.2, 0.25) is 0 Å². The molecule has 4 N–H and O–H groups in total. The van der Waals surface area contributed by atoms with E-state index in [1.807, 2.05) is 18.2 Å². The van der Waals surface area contributed by atoms with E-state index in [0.29, 0.717) is 0 Å². The van der Waals surface area contributed by atoms with Crippen LogP contribution in [-0.4, -0.2) is 25.4 Å². The highest BCUT2D eigenvalue weighted by Crippen LogP contribution is 2.19. The van der Waals surface area contributed by atoms with Gasteiger partial charge >= 0.3 is 12.2 Å². The maximum Gasteiger partial charge on any atom is 0.404 e. The van der Waals surface area contributed by atoms with Crippen molar-refractivity contribution in [3.05, 3.63) is 23.8 Å². The summed E-state index contributed by atoms with van der Waals surface area (Å²) in [5.74, 6) is -0.230. The molecule has 0 atom stereocenters. The van der Waals surface area contributed by atoms with Crippen molar-refractivity contribution in [2.75, 3.05) is 13.2 Å². The average molecular weight is 240 g/mol. The van der Waals surface area contributed by atoms with Gasteiger partial charge in [0.25, 0.3) is 0 Å². The molecule has 0 heterocycles. The highest BCUT2D eigenvalue weighted by molar-refractivity contribution is 5.65. The number of carbonyl (C=O) groups excluding carboxylic acids is 2. The molecule has 1 rings (SSSR count). The van der Waals surface area contributed by atoms with Crippen molar-refractivity contribution in [3.63, 3.8) is 0 Å². The Morgan fingerprint density at radius 2 is 1.76 bits per heavy atom. The SMILES string of the molecule is NC(=O)OCC(COC(N)=O)C1=CCCC=C1. The molecule has 1 aliphatic rings. The lowest BCUT2D eigenvalue weighted by molar-refractivity contribution is 0.106. The van der Waals surface area contributed by atoms with Crippen LogP contribution in [0.3, 0.4) is 0 Å². The number of rotatable bonds is 5. The Morgan fingerprint density at radius 1 is 1.18 bits per heavy atom. The van der Waals surface area contributed by atoms with Crippen molar-refractivity contribution in [3.8, 4) is 0 Å². The number of nitrogens with two attached hydrogens (primary N) is 2. The molecule has 6 nitrogen and oxygen atoms in total. The molecule has 0 saturated heterocycles. The summed E-state index contributed by atoms with van der Waals surface area (Å²) in [6, 6.07) is 0. The van der Waals surface area contributed by atoms with Crippen molar-refractivity contribution in [2.24, 2.45) is 17.4 Å². The third kappa shape index (κ3) is 5.05. The molecule has 1 aliphatic carbocycles. The molecule has 0 aliphatic heterocycles. The first-order chi connectivity index (χ1) is 8.09. The summed E-state index contributed by atoms with van der Waals surface area (Å²) in [7, 11) is 0. The van der Waals surface area contributed by atoms with E-state index in [1.54, 1.807) is 0 Å². The lowest BCUT2D eigenvalue weighted by Crippen LogP contribution is -2.26. The molecule has 17 heavy (non-hydrogen) atoms. The first-order valence-corrected chi connectivity index (χ1v) is 5.30. The molecule has 0 bridgehead atoms. The van der Waals surface area contributed by atoms with Gasteiger partial charge in [-0.15, -0.1) is 0 Å². The molecular formula is C11H16N2O4. The Hall–Kier alpha value is -1.98. The van der Waals surface area contributed by atoms with Gasteiger partial charge in [-0.25, -0.2) is 9.59 Å². The molecule has 0 aromatic heterocycles. The van der Waals surface area contributed by atoms with Crippen LogP contribution in [0.5, 0.6) is 0 Å². The van der Waals surface area contributed by atoms with E-state index in [-0.39, 0.29) is 19.1 Å². The summed E-state index contributed by atoms with van der Waals surface area (Å²) in [4.78, 5) is 21.1. The second-order valence-electron chi connectivity index (χ2n) is 3.64. The van der Waals surface area contributed by atoms with E-state index in [1.165, 1.54) is 0 Å². The second kappa shape index (κ2) is 6.57. The van der Waals surface area contributed by atoms with Crippen LogP contribution in [0.15, 0.2) is 23.8 Å². The zero-order valence-corrected chi connectivity index (χ0v) is 9.43. The number of primary amides is 2. The minimum absolute atomic E-state index is 0.0682. The predicted octanol–water partition coefficient (Wildman–Crippen LogP) is 1.07. The summed E-state index contributed by atoms with van der Waals surface area (Å²) in [6.45, 7) is 0.136. The Morgan fingerprint density at radius 3 is 2.18 bits per heavy atom. The molecule has 0 saturated carbocycles. The third-order valence-electron chi connectivity index (χ3n) is 2.35. The van der Waals surface area contributed by atoms with Gasteiger partial charge in [0.15, 0.2) is 0 Å². The third-order valence-corrected chi connectivity index (χ3v) is 2.35. The van der Waals surface area contributed by atoms with Crippen molar-refractivity contribution < 1.29 is 19.1 Å². The zero-order valence-electron chi connectivity index (χ0n) is 9.43. The second-order valence-corrected chi connectivity index (χ2v) is 3.64. The van der Waals surface area contributed by atoms with Crippen LogP contribution in [0.2, 0.25) is 0 Å². The molecule has 0 radical (unpaired) electrons. The molecule has 0 aromatic carbocycles. The zero-order chi connectivity index (χ0) is 12.7. The first-order valence-electron chi connectivity index (χ1n) is 5.30. The van der Waals surface area contributed by atoms with Crippen LogP contribution in [-0.2, 0) is 9.47 Å². The summed E-state index contributed by atoms with van der Waals surface area (Å²) in [5.41, 5.74) is 10.7. The smallest absolute Gasteiger partial charge is 0.404 e. The largest absolute Gasteiger partial charge is 0.449 e. The Balaban J connectivity index is 2.57. The Kier molecular flexibility index (Phi) is 5.06. The first kappa shape index (κ1) is 13.1. The van der Waals surface area contributed by atoms with E-state index in [2.05, 4.69) is 0 Å². The molecule has 2 amide bonds. The van der Waals surface area contributed by atoms with E-state index in [0.717, 1.165) is 18.4 Å². The lowest BCUT2D eigenvalue weighted by Gasteiger charge is -2.19. The summed E-state index contributed by atoms with van der Waals surface area (Å²) in [6.07, 6.45) is 6.13. The normalized spacial score (nSPS) is 14.3. The van der Waals surface area contributed by atoms with Crippen molar-refractivity contribution >= 4 is 12.2 Å². The van der Waals surface area contributed by atoms with Gasteiger partial charge in [0.05, 0.1) is 5.92 Å². The van der Waals surface area contributed by atoms with Crippen LogP contribution in [0, 0.1) is 5.92 Å². The van der Waals surface area contributed by atoms with Crippen LogP contribution >= 0.6 is 0 Å². The van der Waals surface area contributed by atoms with E-state index in [9.17, 15) is 9.59 Å². The molecular weight excluding hydrogens is 224 g/mol. The van der Waals surface area contributed by atoms with Gasteiger partial charge in [-0.2, -0.15) is 0 Å². The van der Waals surface area contributed by atoms with Gasteiger partial charge in [-0.1, -0.05) is 18.2 Å². The fraction of sp³-hybridized carbons (Fsp3) is 0.455. The van der Waals surface area contributed by atoms with Gasteiger partial charge in [0, 0.05) is 0 Å². The van der Waals surface area contributed by atoms with Crippen LogP contribution < -0.4 is 11.5 Å². The highest BCUT2D eigenvalue weighted by Gasteiger charge is 2.17. The van der Waals surface area contributed by atoms with Crippen LogP contribution in [0.25, 0.3) is 0 Å². The topological polar surface area (TPSA) is 105 Å². The fourth-order valence-corrected chi connectivity index (χ4v) is 1.54. The number of allylic oxidation sites excluding steroid dienone is 3. The minimum Gasteiger partial charge on any atom is -0.449 e. The summed E-state index contributed by atoms with van der Waals surface area (Å²) in [5, 5.41) is 0. The van der Waals surface area contributed by atoms with Crippen molar-refractivity contribution in [1.29, 1.82) is 0 Å². The number of carbonyl (C=O) groups is 2.